The molecule has 1 amide bonds. The van der Waals surface area contributed by atoms with E-state index < -0.39 is 0 Å². The maximum Gasteiger partial charge on any atom is 0.262 e. The molecule has 0 saturated carbocycles. The monoisotopic (exact) mass is 553 g/mol. The van der Waals surface area contributed by atoms with Gasteiger partial charge in [0.05, 0.1) is 10.7 Å². The number of piperazine rings is 1. The van der Waals surface area contributed by atoms with Crippen LogP contribution in [0.1, 0.15) is 18.1 Å². The summed E-state index contributed by atoms with van der Waals surface area (Å²) in [5.41, 5.74) is 2.81. The number of hydrogen-bond acceptors (Lipinski definition) is 5. The molecular weight excluding hydrogens is 525 g/mol. The summed E-state index contributed by atoms with van der Waals surface area (Å²) in [7, 11) is 1.59. The fourth-order valence-electron chi connectivity index (χ4n) is 3.40. The average molecular weight is 553 g/mol. The molecule has 0 radical (unpaired) electrons. The highest BCUT2D eigenvalue weighted by atomic mass is 127. The number of carbonyl (C=O) groups excluding carboxylic acids is 1. The Kier molecular flexibility index (Phi) is 8.50. The number of aryl methyl sites for hydroxylation is 1. The normalized spacial score (nSPS) is 14.3. The van der Waals surface area contributed by atoms with E-state index in [0.717, 1.165) is 58.1 Å². The van der Waals surface area contributed by atoms with E-state index in [4.69, 9.17) is 21.7 Å². The largest absolute Gasteiger partial charge is 0.493 e. The lowest BCUT2D eigenvalue weighted by atomic mass is 10.1. The lowest BCUT2D eigenvalue weighted by molar-refractivity contribution is -0.118. The van der Waals surface area contributed by atoms with Gasteiger partial charge in [0.25, 0.3) is 5.91 Å². The first-order chi connectivity index (χ1) is 14.9. The maximum atomic E-state index is 12.3. The Labute approximate surface area is 203 Å². The number of benzene rings is 2. The van der Waals surface area contributed by atoms with Crippen LogP contribution in [-0.4, -0.2) is 67.1 Å². The van der Waals surface area contributed by atoms with Crippen molar-refractivity contribution in [3.05, 3.63) is 51.1 Å². The van der Waals surface area contributed by atoms with Crippen molar-refractivity contribution in [2.24, 2.45) is 0 Å². The van der Waals surface area contributed by atoms with Crippen LogP contribution in [0.5, 0.6) is 11.5 Å². The number of likely N-dealkylation sites (N-methyl/N-ethyl adjacent to an activating group) is 1. The zero-order valence-electron chi connectivity index (χ0n) is 18.1. The molecule has 1 fully saturated rings. The van der Waals surface area contributed by atoms with E-state index in [9.17, 15) is 4.79 Å². The standard InChI is InChI=1S/C23H28IN3O3S/c1-4-26-9-11-27(12-10-26)23(31)17-13-19(24)22(20(14-17)29-3)30-15-21(28)25-18-7-5-16(2)6-8-18/h5-8,13-14H,4,9-12,15H2,1-3H3,(H,25,28). The van der Waals surface area contributed by atoms with Crippen LogP contribution >= 0.6 is 34.8 Å². The van der Waals surface area contributed by atoms with Gasteiger partial charge in [-0.2, -0.15) is 0 Å². The SMILES string of the molecule is CCN1CCN(C(=S)c2cc(I)c(OCC(=O)Nc3ccc(C)cc3)c(OC)c2)CC1. The number of ether oxygens (including phenoxy) is 2. The molecule has 2 aromatic rings. The number of methoxy groups -OCH3 is 1. The lowest BCUT2D eigenvalue weighted by Crippen LogP contribution is -2.48. The Bertz CT molecular complexity index is 928. The van der Waals surface area contributed by atoms with Gasteiger partial charge >= 0.3 is 0 Å². The third-order valence-corrected chi connectivity index (χ3v) is 6.56. The quantitative estimate of drug-likeness (QED) is 0.415. The molecule has 0 atom stereocenters. The zero-order chi connectivity index (χ0) is 22.4. The van der Waals surface area contributed by atoms with E-state index in [1.165, 1.54) is 0 Å². The molecular formula is C23H28IN3O3S. The third kappa shape index (κ3) is 6.30. The predicted octanol–water partition coefficient (Wildman–Crippen LogP) is 3.94. The van der Waals surface area contributed by atoms with Gasteiger partial charge in [-0.05, 0) is 60.3 Å². The van der Waals surface area contributed by atoms with Crippen molar-refractivity contribution in [1.82, 2.24) is 9.80 Å². The molecule has 0 aromatic heterocycles. The topological polar surface area (TPSA) is 54.0 Å². The van der Waals surface area contributed by atoms with Crippen LogP contribution in [0.2, 0.25) is 0 Å². The van der Waals surface area contributed by atoms with Crippen LogP contribution < -0.4 is 14.8 Å². The maximum absolute atomic E-state index is 12.3. The van der Waals surface area contributed by atoms with E-state index in [-0.39, 0.29) is 12.5 Å². The fourth-order valence-corrected chi connectivity index (χ4v) is 4.46. The molecule has 3 rings (SSSR count). The highest BCUT2D eigenvalue weighted by Crippen LogP contribution is 2.34. The minimum absolute atomic E-state index is 0.108. The van der Waals surface area contributed by atoms with Gasteiger partial charge in [-0.3, -0.25) is 4.79 Å². The van der Waals surface area contributed by atoms with E-state index >= 15 is 0 Å². The summed E-state index contributed by atoms with van der Waals surface area (Å²) in [6.07, 6.45) is 0. The number of halogens is 1. The van der Waals surface area contributed by atoms with E-state index in [0.29, 0.717) is 11.5 Å². The smallest absolute Gasteiger partial charge is 0.262 e. The first-order valence-corrected chi connectivity index (χ1v) is 11.8. The number of rotatable bonds is 7. The van der Waals surface area contributed by atoms with Gasteiger partial charge in [-0.1, -0.05) is 36.8 Å². The van der Waals surface area contributed by atoms with Crippen LogP contribution in [-0.2, 0) is 4.79 Å². The minimum Gasteiger partial charge on any atom is -0.493 e. The van der Waals surface area contributed by atoms with Crippen molar-refractivity contribution in [3.8, 4) is 11.5 Å². The van der Waals surface area contributed by atoms with Gasteiger partial charge in [-0.25, -0.2) is 0 Å². The van der Waals surface area contributed by atoms with Crippen molar-refractivity contribution in [2.45, 2.75) is 13.8 Å². The Balaban J connectivity index is 1.65. The van der Waals surface area contributed by atoms with E-state index in [2.05, 4.69) is 44.6 Å². The molecule has 0 bridgehead atoms. The molecule has 8 heteroatoms. The predicted molar refractivity (Wildman–Crippen MR) is 136 cm³/mol. The summed E-state index contributed by atoms with van der Waals surface area (Å²) in [5, 5.41) is 2.84. The van der Waals surface area contributed by atoms with Crippen molar-refractivity contribution < 1.29 is 14.3 Å². The second kappa shape index (κ2) is 11.1. The molecule has 2 aromatic carbocycles. The summed E-state index contributed by atoms with van der Waals surface area (Å²) < 4.78 is 12.2. The van der Waals surface area contributed by atoms with Crippen molar-refractivity contribution >= 4 is 51.4 Å². The molecule has 1 N–H and O–H groups in total. The molecule has 1 saturated heterocycles. The molecule has 166 valence electrons. The fraction of sp³-hybridized carbons (Fsp3) is 0.391. The Morgan fingerprint density at radius 3 is 2.45 bits per heavy atom. The molecule has 0 unspecified atom stereocenters. The van der Waals surface area contributed by atoms with Crippen LogP contribution in [0, 0.1) is 10.5 Å². The van der Waals surface area contributed by atoms with Crippen LogP contribution in [0.4, 0.5) is 5.69 Å². The Morgan fingerprint density at radius 2 is 1.84 bits per heavy atom. The van der Waals surface area contributed by atoms with Gasteiger partial charge in [0, 0.05) is 37.4 Å². The molecule has 1 aliphatic rings. The number of carbonyl (C=O) groups is 1. The molecule has 1 heterocycles. The molecule has 31 heavy (non-hydrogen) atoms. The van der Waals surface area contributed by atoms with Crippen LogP contribution in [0.3, 0.4) is 0 Å². The van der Waals surface area contributed by atoms with Crippen molar-refractivity contribution in [1.29, 1.82) is 0 Å². The van der Waals surface area contributed by atoms with Gasteiger partial charge in [0.15, 0.2) is 18.1 Å². The first kappa shape index (κ1) is 23.7. The number of nitrogens with one attached hydrogen (secondary N) is 1. The number of nitrogens with zero attached hydrogens (tertiary/aromatic N) is 2. The first-order valence-electron chi connectivity index (χ1n) is 10.3. The van der Waals surface area contributed by atoms with Crippen LogP contribution in [0.15, 0.2) is 36.4 Å². The average Bonchev–Trinajstić information content (AvgIpc) is 2.78. The Morgan fingerprint density at radius 1 is 1.16 bits per heavy atom. The van der Waals surface area contributed by atoms with Crippen molar-refractivity contribution in [2.75, 3.05) is 51.8 Å². The van der Waals surface area contributed by atoms with Gasteiger partial charge in [-0.15, -0.1) is 0 Å². The van der Waals surface area contributed by atoms with Gasteiger partial charge < -0.3 is 24.6 Å². The summed E-state index contributed by atoms with van der Waals surface area (Å²) >= 11 is 7.96. The molecule has 0 aliphatic carbocycles. The highest BCUT2D eigenvalue weighted by molar-refractivity contribution is 14.1. The number of amides is 1. The second-order valence-electron chi connectivity index (χ2n) is 7.42. The number of hydrogen-bond donors (Lipinski definition) is 1. The Hall–Kier alpha value is -1.91. The minimum atomic E-state index is -0.227. The number of anilines is 1. The molecule has 6 nitrogen and oxygen atoms in total. The van der Waals surface area contributed by atoms with E-state index in [1.807, 2.05) is 43.3 Å². The summed E-state index contributed by atoms with van der Waals surface area (Å²) in [6.45, 7) is 9.01. The zero-order valence-corrected chi connectivity index (χ0v) is 21.1. The molecule has 1 aliphatic heterocycles. The highest BCUT2D eigenvalue weighted by Gasteiger charge is 2.21. The van der Waals surface area contributed by atoms with Gasteiger partial charge in [0.1, 0.15) is 4.99 Å². The summed E-state index contributed by atoms with van der Waals surface area (Å²) in [6, 6.07) is 11.5. The van der Waals surface area contributed by atoms with Gasteiger partial charge in [0.2, 0.25) is 0 Å². The molecule has 0 spiro atoms. The second-order valence-corrected chi connectivity index (χ2v) is 8.97. The number of thiocarbonyl (C=S) groups is 1. The summed E-state index contributed by atoms with van der Waals surface area (Å²) in [4.78, 5) is 17.8. The lowest BCUT2D eigenvalue weighted by Gasteiger charge is -2.35. The van der Waals surface area contributed by atoms with E-state index in [1.54, 1.807) is 7.11 Å². The third-order valence-electron chi connectivity index (χ3n) is 5.27. The van der Waals surface area contributed by atoms with Crippen LogP contribution in [0.25, 0.3) is 0 Å². The summed E-state index contributed by atoms with van der Waals surface area (Å²) in [5.74, 6) is 0.888. The van der Waals surface area contributed by atoms with Crippen molar-refractivity contribution in [3.63, 3.8) is 0 Å².